The molecule has 4 nitrogen and oxygen atoms in total. The maximum atomic E-state index is 7.31. The van der Waals surface area contributed by atoms with E-state index >= 15 is 0 Å². The predicted molar refractivity (Wildman–Crippen MR) is 218 cm³/mol. The molecule has 1 aliphatic heterocycles. The lowest BCUT2D eigenvalue weighted by molar-refractivity contribution is -0.0407. The monoisotopic (exact) mass is 723 g/mol. The fourth-order valence-electron chi connectivity index (χ4n) is 11.6. The molecule has 5 aliphatic carbocycles. The highest BCUT2D eigenvalue weighted by Crippen LogP contribution is 2.73. The fourth-order valence-corrected chi connectivity index (χ4v) is 12.8. The second-order valence-electron chi connectivity index (χ2n) is 17.1. The van der Waals surface area contributed by atoms with Gasteiger partial charge in [-0.15, -0.1) is 0 Å². The van der Waals surface area contributed by atoms with E-state index in [1.807, 2.05) is 23.9 Å². The van der Waals surface area contributed by atoms with Crippen LogP contribution in [0.1, 0.15) is 76.6 Å². The van der Waals surface area contributed by atoms with Crippen molar-refractivity contribution >= 4 is 11.8 Å². The largest absolute Gasteiger partial charge is 0.455 e. The molecular formula is C49H45N3OS. The molecule has 1 spiro atoms. The fraction of sp³-hybridized carbons (Fsp3) is 0.327. The lowest BCUT2D eigenvalue weighted by atomic mass is 9.43. The van der Waals surface area contributed by atoms with Crippen molar-refractivity contribution in [2.24, 2.45) is 23.7 Å². The Labute approximate surface area is 322 Å². The third-order valence-corrected chi connectivity index (χ3v) is 15.6. The predicted octanol–water partition coefficient (Wildman–Crippen LogP) is 12.7. The molecule has 6 aliphatic rings. The van der Waals surface area contributed by atoms with Crippen LogP contribution in [0.4, 0.5) is 0 Å². The third-order valence-electron chi connectivity index (χ3n) is 14.3. The average molecular weight is 724 g/mol. The summed E-state index contributed by atoms with van der Waals surface area (Å²) in [6.45, 7) is 13.8. The summed E-state index contributed by atoms with van der Waals surface area (Å²) in [4.78, 5) is 18.2. The van der Waals surface area contributed by atoms with Crippen molar-refractivity contribution in [3.8, 4) is 56.8 Å². The number of ether oxygens (including phenoxy) is 1. The Morgan fingerprint density at radius 1 is 0.593 bits per heavy atom. The first kappa shape index (κ1) is 32.7. The maximum Gasteiger partial charge on any atom is 0.164 e. The Balaban J connectivity index is 1.19. The minimum Gasteiger partial charge on any atom is -0.455 e. The highest BCUT2D eigenvalue weighted by Gasteiger charge is 2.63. The molecule has 5 heteroatoms. The minimum atomic E-state index is -0.108. The molecule has 1 aromatic heterocycles. The van der Waals surface area contributed by atoms with E-state index in [2.05, 4.69) is 108 Å². The van der Waals surface area contributed by atoms with Crippen LogP contribution in [0.3, 0.4) is 0 Å². The number of hydrogen-bond acceptors (Lipinski definition) is 5. The van der Waals surface area contributed by atoms with Gasteiger partial charge in [0.05, 0.1) is 9.79 Å². The van der Waals surface area contributed by atoms with Gasteiger partial charge in [-0.2, -0.15) is 0 Å². The SMILES string of the molecule is Cc1cc2c(cc1C)Sc1c(C)c(C)c3c(c1O2)C1(c2cc(-c4nc(-c5ccccc5)nc(-c5ccccc5)n4)c(C)c(C)c2-3)C2CC3CC(C2)CC1C3. The van der Waals surface area contributed by atoms with Crippen molar-refractivity contribution in [1.29, 1.82) is 0 Å². The standard InChI is InChI=1S/C49H45N3OS/c1-25-17-39-40(18-26(25)2)54-45-30(6)29(5)42-41-28(4)27(3)37(48-51-46(33-13-9-7-10-14-33)50-47(52-48)34-15-11-8-12-16-34)24-38(41)49(43(42)44(45)53-39)35-20-31-19-32(22-35)23-36(49)21-31/h7-18,24,31-32,35-36H,19-23H2,1-6H3. The zero-order valence-electron chi connectivity index (χ0n) is 32.0. The van der Waals surface area contributed by atoms with Crippen molar-refractivity contribution in [3.05, 3.63) is 123 Å². The molecule has 0 atom stereocenters. The maximum absolute atomic E-state index is 7.31. The van der Waals surface area contributed by atoms with Gasteiger partial charge in [0, 0.05) is 27.7 Å². The molecule has 4 bridgehead atoms. The molecule has 0 radical (unpaired) electrons. The van der Waals surface area contributed by atoms with E-state index in [1.165, 1.54) is 97.5 Å². The van der Waals surface area contributed by atoms with E-state index in [-0.39, 0.29) is 5.41 Å². The van der Waals surface area contributed by atoms with Crippen LogP contribution in [0.5, 0.6) is 11.5 Å². The van der Waals surface area contributed by atoms with Crippen molar-refractivity contribution in [2.75, 3.05) is 0 Å². The number of hydrogen-bond donors (Lipinski definition) is 0. The van der Waals surface area contributed by atoms with Gasteiger partial charge in [0.2, 0.25) is 0 Å². The summed E-state index contributed by atoms with van der Waals surface area (Å²) < 4.78 is 7.31. The molecule has 6 aromatic rings. The van der Waals surface area contributed by atoms with Gasteiger partial charge in [-0.25, -0.2) is 15.0 Å². The molecule has 12 rings (SSSR count). The van der Waals surface area contributed by atoms with Crippen LogP contribution in [0.25, 0.3) is 45.3 Å². The van der Waals surface area contributed by atoms with Gasteiger partial charge in [0.1, 0.15) is 11.5 Å². The summed E-state index contributed by atoms with van der Waals surface area (Å²) in [5, 5.41) is 0. The van der Waals surface area contributed by atoms with E-state index in [0.29, 0.717) is 23.5 Å². The molecule has 0 N–H and O–H groups in total. The van der Waals surface area contributed by atoms with Crippen LogP contribution in [0.15, 0.2) is 88.7 Å². The highest BCUT2D eigenvalue weighted by atomic mass is 32.2. The molecule has 0 saturated heterocycles. The topological polar surface area (TPSA) is 47.9 Å². The highest BCUT2D eigenvalue weighted by molar-refractivity contribution is 7.99. The van der Waals surface area contributed by atoms with Crippen LogP contribution >= 0.6 is 11.8 Å². The summed E-state index contributed by atoms with van der Waals surface area (Å²) >= 11 is 1.93. The average Bonchev–Trinajstić information content (AvgIpc) is 3.49. The summed E-state index contributed by atoms with van der Waals surface area (Å²) in [5.41, 5.74) is 16.8. The van der Waals surface area contributed by atoms with Gasteiger partial charge in [-0.1, -0.05) is 72.4 Å². The number of fused-ring (bicyclic) bond motifs is 6. The molecular weight excluding hydrogens is 679 g/mol. The summed E-state index contributed by atoms with van der Waals surface area (Å²) in [7, 11) is 0. The molecule has 268 valence electrons. The van der Waals surface area contributed by atoms with E-state index in [1.54, 1.807) is 0 Å². The Morgan fingerprint density at radius 2 is 1.15 bits per heavy atom. The number of rotatable bonds is 3. The molecule has 0 amide bonds. The van der Waals surface area contributed by atoms with E-state index in [9.17, 15) is 0 Å². The van der Waals surface area contributed by atoms with Gasteiger partial charge in [-0.05, 0) is 166 Å². The number of nitrogens with zero attached hydrogens (tertiary/aromatic N) is 3. The summed E-state index contributed by atoms with van der Waals surface area (Å²) in [6.07, 6.45) is 6.64. The first-order valence-corrected chi connectivity index (χ1v) is 20.7. The van der Waals surface area contributed by atoms with Crippen LogP contribution in [0, 0.1) is 65.2 Å². The lowest BCUT2D eigenvalue weighted by Crippen LogP contribution is -2.55. The first-order valence-electron chi connectivity index (χ1n) is 19.9. The normalized spacial score (nSPS) is 23.9. The quantitative estimate of drug-likeness (QED) is 0.182. The van der Waals surface area contributed by atoms with Gasteiger partial charge < -0.3 is 4.74 Å². The Hall–Kier alpha value is -4.74. The van der Waals surface area contributed by atoms with Gasteiger partial charge in [-0.3, -0.25) is 0 Å². The Kier molecular flexibility index (Phi) is 7.04. The van der Waals surface area contributed by atoms with E-state index in [4.69, 9.17) is 19.7 Å². The zero-order valence-corrected chi connectivity index (χ0v) is 32.8. The molecule has 2 heterocycles. The molecule has 5 aromatic carbocycles. The molecule has 0 unspecified atom stereocenters. The van der Waals surface area contributed by atoms with E-state index in [0.717, 1.165) is 45.8 Å². The number of aromatic nitrogens is 3. The van der Waals surface area contributed by atoms with Crippen LogP contribution in [-0.4, -0.2) is 15.0 Å². The molecule has 54 heavy (non-hydrogen) atoms. The van der Waals surface area contributed by atoms with Crippen LogP contribution < -0.4 is 4.74 Å². The van der Waals surface area contributed by atoms with Crippen molar-refractivity contribution in [3.63, 3.8) is 0 Å². The number of benzene rings is 5. The first-order chi connectivity index (χ1) is 26.2. The van der Waals surface area contributed by atoms with E-state index < -0.39 is 0 Å². The Bertz CT molecular complexity index is 2490. The van der Waals surface area contributed by atoms with Gasteiger partial charge in [0.25, 0.3) is 0 Å². The van der Waals surface area contributed by atoms with Crippen molar-refractivity contribution in [2.45, 2.75) is 88.9 Å². The summed E-state index contributed by atoms with van der Waals surface area (Å²) in [6, 6.07) is 27.9. The third kappa shape index (κ3) is 4.42. The second kappa shape index (κ2) is 11.6. The number of aryl methyl sites for hydroxylation is 2. The van der Waals surface area contributed by atoms with Crippen molar-refractivity contribution in [1.82, 2.24) is 15.0 Å². The van der Waals surface area contributed by atoms with Gasteiger partial charge >= 0.3 is 0 Å². The minimum absolute atomic E-state index is 0.108. The molecule has 4 saturated carbocycles. The van der Waals surface area contributed by atoms with Crippen LogP contribution in [-0.2, 0) is 5.41 Å². The van der Waals surface area contributed by atoms with Crippen LogP contribution in [0.2, 0.25) is 0 Å². The zero-order chi connectivity index (χ0) is 36.6. The Morgan fingerprint density at radius 3 is 1.76 bits per heavy atom. The smallest absolute Gasteiger partial charge is 0.164 e. The molecule has 4 fully saturated rings. The van der Waals surface area contributed by atoms with Crippen molar-refractivity contribution < 1.29 is 4.74 Å². The van der Waals surface area contributed by atoms with Gasteiger partial charge in [0.15, 0.2) is 17.5 Å². The lowest BCUT2D eigenvalue weighted by Gasteiger charge is -2.61. The summed E-state index contributed by atoms with van der Waals surface area (Å²) in [5.74, 6) is 7.16. The second-order valence-corrected chi connectivity index (χ2v) is 18.1.